The van der Waals surface area contributed by atoms with Gasteiger partial charge in [-0.1, -0.05) is 0 Å². The summed E-state index contributed by atoms with van der Waals surface area (Å²) in [6.07, 6.45) is 1.15. The van der Waals surface area contributed by atoms with Crippen LogP contribution in [0.4, 0.5) is 0 Å². The van der Waals surface area contributed by atoms with Crippen LogP contribution in [0.2, 0.25) is 0 Å². The first-order valence-corrected chi connectivity index (χ1v) is 4.70. The van der Waals surface area contributed by atoms with Crippen LogP contribution in [-0.4, -0.2) is 36.9 Å². The number of methoxy groups -OCH3 is 1. The fourth-order valence-electron chi connectivity index (χ4n) is 1.27. The lowest BCUT2D eigenvalue weighted by molar-refractivity contribution is -0.368. The van der Waals surface area contributed by atoms with E-state index in [-0.39, 0.29) is 0 Å². The van der Waals surface area contributed by atoms with Crippen LogP contribution in [0.15, 0.2) is 0 Å². The molecule has 1 heterocycles. The molecule has 0 saturated carbocycles. The van der Waals surface area contributed by atoms with Gasteiger partial charge in [-0.25, -0.2) is 4.79 Å². The summed E-state index contributed by atoms with van der Waals surface area (Å²) < 4.78 is 15.2. The summed E-state index contributed by atoms with van der Waals surface area (Å²) >= 11 is 0. The van der Waals surface area contributed by atoms with Crippen molar-refractivity contribution in [3.05, 3.63) is 0 Å². The van der Waals surface area contributed by atoms with E-state index in [0.717, 1.165) is 12.8 Å². The fraction of sp³-hybridized carbons (Fsp3) is 0.889. The van der Waals surface area contributed by atoms with Crippen LogP contribution in [0.3, 0.4) is 0 Å². The minimum Gasteiger partial charge on any atom is -0.406 e. The van der Waals surface area contributed by atoms with Gasteiger partial charge in [0.2, 0.25) is 0 Å². The molecule has 1 rings (SSSR count). The van der Waals surface area contributed by atoms with Crippen LogP contribution in [-0.2, 0) is 19.0 Å². The molecule has 1 fully saturated rings. The van der Waals surface area contributed by atoms with Crippen molar-refractivity contribution in [3.63, 3.8) is 0 Å². The van der Waals surface area contributed by atoms with Gasteiger partial charge in [-0.2, -0.15) is 0 Å². The molecule has 1 aliphatic heterocycles. The first kappa shape index (κ1) is 11.4. The van der Waals surface area contributed by atoms with Gasteiger partial charge in [0.25, 0.3) is 0 Å². The van der Waals surface area contributed by atoms with Crippen molar-refractivity contribution in [2.75, 3.05) is 13.7 Å². The molecule has 1 aliphatic rings. The monoisotopic (exact) mass is 204 g/mol. The van der Waals surface area contributed by atoms with Crippen molar-refractivity contribution >= 4 is 5.97 Å². The van der Waals surface area contributed by atoms with Gasteiger partial charge in [0, 0.05) is 13.5 Å². The number of hydrogen-bond acceptors (Lipinski definition) is 5. The highest BCUT2D eigenvalue weighted by atomic mass is 16.9. The normalized spacial score (nSPS) is 29.6. The number of carbonyl (C=O) groups is 1. The zero-order chi connectivity index (χ0) is 10.6. The van der Waals surface area contributed by atoms with E-state index in [4.69, 9.17) is 19.3 Å². The lowest BCUT2D eigenvalue weighted by Crippen LogP contribution is -2.44. The van der Waals surface area contributed by atoms with E-state index in [2.05, 4.69) is 0 Å². The predicted molar refractivity (Wildman–Crippen MR) is 47.3 cm³/mol. The lowest BCUT2D eigenvalue weighted by Gasteiger charge is -2.34. The standard InChI is InChI=1S/C9H16O5/c1-7(10)8(11)14-9(12-2)5-3-4-6-13-9/h7,10H,3-6H2,1-2H3/t7?,9-/m1/s1. The number of aliphatic hydroxyl groups excluding tert-OH is 1. The molecule has 1 saturated heterocycles. The molecule has 0 spiro atoms. The summed E-state index contributed by atoms with van der Waals surface area (Å²) in [6.45, 7) is 1.84. The zero-order valence-corrected chi connectivity index (χ0v) is 8.49. The van der Waals surface area contributed by atoms with Crippen LogP contribution in [0.1, 0.15) is 26.2 Å². The summed E-state index contributed by atoms with van der Waals surface area (Å²) in [5.74, 6) is -2.01. The Kier molecular flexibility index (Phi) is 3.86. The van der Waals surface area contributed by atoms with Crippen LogP contribution >= 0.6 is 0 Å². The summed E-state index contributed by atoms with van der Waals surface area (Å²) in [5.41, 5.74) is 0. The Labute approximate surface area is 82.9 Å². The molecule has 14 heavy (non-hydrogen) atoms. The molecule has 0 radical (unpaired) electrons. The Balaban J connectivity index is 2.56. The predicted octanol–water partition coefficient (Wildman–Crippen LogP) is 0.411. The number of ether oxygens (including phenoxy) is 3. The van der Waals surface area contributed by atoms with Crippen LogP contribution in [0, 0.1) is 0 Å². The molecule has 82 valence electrons. The molecular weight excluding hydrogens is 188 g/mol. The summed E-state index contributed by atoms with van der Waals surface area (Å²) in [7, 11) is 1.42. The van der Waals surface area contributed by atoms with Crippen molar-refractivity contribution in [3.8, 4) is 0 Å². The third kappa shape index (κ3) is 2.67. The van der Waals surface area contributed by atoms with Crippen molar-refractivity contribution in [1.29, 1.82) is 0 Å². The molecule has 0 bridgehead atoms. The Morgan fingerprint density at radius 2 is 2.29 bits per heavy atom. The van der Waals surface area contributed by atoms with Crippen LogP contribution < -0.4 is 0 Å². The SMILES string of the molecule is CO[C@]1(OC(=O)C(C)O)CCCCO1. The van der Waals surface area contributed by atoms with E-state index in [0.29, 0.717) is 13.0 Å². The van der Waals surface area contributed by atoms with Gasteiger partial charge in [-0.05, 0) is 19.8 Å². The third-order valence-corrected chi connectivity index (χ3v) is 2.11. The van der Waals surface area contributed by atoms with Gasteiger partial charge in [0.1, 0.15) is 6.10 Å². The highest BCUT2D eigenvalue weighted by molar-refractivity contribution is 5.74. The molecule has 5 heteroatoms. The quantitative estimate of drug-likeness (QED) is 0.533. The van der Waals surface area contributed by atoms with Crippen molar-refractivity contribution in [1.82, 2.24) is 0 Å². The van der Waals surface area contributed by atoms with E-state index >= 15 is 0 Å². The topological polar surface area (TPSA) is 65.0 Å². The highest BCUT2D eigenvalue weighted by Crippen LogP contribution is 2.27. The Morgan fingerprint density at radius 3 is 2.71 bits per heavy atom. The van der Waals surface area contributed by atoms with Crippen molar-refractivity contribution in [2.24, 2.45) is 0 Å². The van der Waals surface area contributed by atoms with E-state index in [9.17, 15) is 4.79 Å². The molecular formula is C9H16O5. The first-order valence-electron chi connectivity index (χ1n) is 4.70. The molecule has 0 aromatic carbocycles. The largest absolute Gasteiger partial charge is 0.406 e. The third-order valence-electron chi connectivity index (χ3n) is 2.11. The molecule has 0 amide bonds. The maximum atomic E-state index is 11.1. The molecule has 2 atom stereocenters. The lowest BCUT2D eigenvalue weighted by atomic mass is 10.2. The van der Waals surface area contributed by atoms with Gasteiger partial charge < -0.3 is 19.3 Å². The second-order valence-electron chi connectivity index (χ2n) is 3.29. The van der Waals surface area contributed by atoms with Gasteiger partial charge in [0.15, 0.2) is 0 Å². The van der Waals surface area contributed by atoms with Crippen molar-refractivity contribution < 1.29 is 24.1 Å². The summed E-state index contributed by atoms with van der Waals surface area (Å²) in [5, 5.41) is 8.98. The number of hydrogen-bond donors (Lipinski definition) is 1. The van der Waals surface area contributed by atoms with Gasteiger partial charge in [0.05, 0.1) is 6.61 Å². The van der Waals surface area contributed by atoms with Gasteiger partial charge in [-0.15, -0.1) is 0 Å². The Morgan fingerprint density at radius 1 is 1.57 bits per heavy atom. The maximum Gasteiger partial charge on any atom is 0.338 e. The number of rotatable bonds is 3. The second kappa shape index (κ2) is 4.72. The number of aliphatic hydroxyl groups is 1. The average Bonchev–Trinajstić information content (AvgIpc) is 2.19. The Bertz CT molecular complexity index is 195. The first-order chi connectivity index (χ1) is 6.59. The average molecular weight is 204 g/mol. The second-order valence-corrected chi connectivity index (χ2v) is 3.29. The van der Waals surface area contributed by atoms with E-state index in [1.807, 2.05) is 0 Å². The van der Waals surface area contributed by atoms with E-state index < -0.39 is 18.0 Å². The number of carbonyl (C=O) groups excluding carboxylic acids is 1. The van der Waals surface area contributed by atoms with Gasteiger partial charge in [-0.3, -0.25) is 0 Å². The fourth-order valence-corrected chi connectivity index (χ4v) is 1.27. The molecule has 1 N–H and O–H groups in total. The van der Waals surface area contributed by atoms with Crippen molar-refractivity contribution in [2.45, 2.75) is 38.3 Å². The van der Waals surface area contributed by atoms with E-state index in [1.54, 1.807) is 0 Å². The molecule has 0 aromatic heterocycles. The summed E-state index contributed by atoms with van der Waals surface area (Å²) in [4.78, 5) is 11.1. The maximum absolute atomic E-state index is 11.1. The minimum atomic E-state index is -1.29. The smallest absolute Gasteiger partial charge is 0.338 e. The zero-order valence-electron chi connectivity index (χ0n) is 8.49. The van der Waals surface area contributed by atoms with Crippen LogP contribution in [0.5, 0.6) is 0 Å². The minimum absolute atomic E-state index is 0.501. The molecule has 1 unspecified atom stereocenters. The highest BCUT2D eigenvalue weighted by Gasteiger charge is 2.38. The molecule has 5 nitrogen and oxygen atoms in total. The van der Waals surface area contributed by atoms with E-state index in [1.165, 1.54) is 14.0 Å². The molecule has 0 aromatic rings. The number of esters is 1. The molecule has 0 aliphatic carbocycles. The Hall–Kier alpha value is -0.650. The van der Waals surface area contributed by atoms with Gasteiger partial charge >= 0.3 is 11.9 Å². The van der Waals surface area contributed by atoms with Crippen LogP contribution in [0.25, 0.3) is 0 Å². The summed E-state index contributed by atoms with van der Waals surface area (Å²) in [6, 6.07) is 0.